The van der Waals surface area contributed by atoms with E-state index in [9.17, 15) is 4.79 Å². The molecule has 1 aromatic rings. The average molecular weight is 329 g/mol. The third-order valence-corrected chi connectivity index (χ3v) is 5.85. The van der Waals surface area contributed by atoms with E-state index in [1.165, 1.54) is 11.3 Å². The van der Waals surface area contributed by atoms with Gasteiger partial charge in [-0.05, 0) is 19.7 Å². The number of rotatable bonds is 5. The first kappa shape index (κ1) is 16.5. The third-order valence-electron chi connectivity index (χ3n) is 3.65. The van der Waals surface area contributed by atoms with Crippen molar-refractivity contribution in [3.05, 3.63) is 4.88 Å². The number of anilines is 2. The van der Waals surface area contributed by atoms with Gasteiger partial charge in [0.25, 0.3) is 0 Å². The van der Waals surface area contributed by atoms with Crippen LogP contribution in [0.5, 0.6) is 0 Å². The molecule has 0 aromatic carbocycles. The number of nitrogens with zero attached hydrogens (tertiary/aromatic N) is 2. The molecule has 2 heterocycles. The van der Waals surface area contributed by atoms with E-state index in [2.05, 4.69) is 16.7 Å². The second-order valence-electron chi connectivity index (χ2n) is 4.83. The lowest BCUT2D eigenvalue weighted by atomic mass is 10.3. The third kappa shape index (κ3) is 3.46. The van der Waals surface area contributed by atoms with Crippen molar-refractivity contribution in [2.45, 2.75) is 18.7 Å². The highest BCUT2D eigenvalue weighted by Crippen LogP contribution is 2.44. The van der Waals surface area contributed by atoms with Gasteiger partial charge in [-0.1, -0.05) is 6.92 Å². The first-order valence-corrected chi connectivity index (χ1v) is 9.27. The summed E-state index contributed by atoms with van der Waals surface area (Å²) >= 11 is 3.06. The molecule has 0 atom stereocenters. The molecular weight excluding hydrogens is 306 g/mol. The van der Waals surface area contributed by atoms with Crippen molar-refractivity contribution in [3.8, 4) is 0 Å². The summed E-state index contributed by atoms with van der Waals surface area (Å²) in [6.07, 6.45) is 2.00. The number of thioether (sulfide) groups is 1. The Morgan fingerprint density at radius 3 is 2.52 bits per heavy atom. The fourth-order valence-corrected chi connectivity index (χ4v) is 4.56. The number of likely N-dealkylation sites (N-methyl/N-ethyl adjacent to an activating group) is 1. The number of nitrogen functional groups attached to an aromatic ring is 1. The van der Waals surface area contributed by atoms with Crippen LogP contribution in [0.15, 0.2) is 4.90 Å². The van der Waals surface area contributed by atoms with Crippen molar-refractivity contribution in [3.63, 3.8) is 0 Å². The number of carbonyl (C=O) groups is 1. The monoisotopic (exact) mass is 329 g/mol. The summed E-state index contributed by atoms with van der Waals surface area (Å²) in [5.74, 6) is -0.311. The largest absolute Gasteiger partial charge is 0.462 e. The van der Waals surface area contributed by atoms with Crippen LogP contribution in [0.2, 0.25) is 0 Å². The zero-order chi connectivity index (χ0) is 15.4. The van der Waals surface area contributed by atoms with Crippen LogP contribution in [-0.4, -0.2) is 56.5 Å². The van der Waals surface area contributed by atoms with E-state index < -0.39 is 0 Å². The summed E-state index contributed by atoms with van der Waals surface area (Å²) in [6.45, 7) is 9.51. The zero-order valence-corrected chi connectivity index (χ0v) is 14.5. The number of thiophene rings is 1. The first-order valence-electron chi connectivity index (χ1n) is 7.23. The maximum atomic E-state index is 12.0. The minimum absolute atomic E-state index is 0.311. The van der Waals surface area contributed by atoms with Gasteiger partial charge in [-0.3, -0.25) is 0 Å². The van der Waals surface area contributed by atoms with Crippen LogP contribution in [-0.2, 0) is 4.74 Å². The van der Waals surface area contributed by atoms with Crippen molar-refractivity contribution in [1.29, 1.82) is 0 Å². The molecule has 7 heteroatoms. The maximum Gasteiger partial charge on any atom is 0.350 e. The molecule has 1 aliphatic heterocycles. The van der Waals surface area contributed by atoms with E-state index in [-0.39, 0.29) is 5.97 Å². The number of piperazine rings is 1. The molecule has 21 heavy (non-hydrogen) atoms. The molecule has 118 valence electrons. The molecule has 5 nitrogen and oxygen atoms in total. The van der Waals surface area contributed by atoms with Crippen LogP contribution in [0.1, 0.15) is 23.5 Å². The molecule has 0 aliphatic carbocycles. The lowest BCUT2D eigenvalue weighted by molar-refractivity contribution is 0.0533. The summed E-state index contributed by atoms with van der Waals surface area (Å²) < 4.78 is 5.10. The maximum absolute atomic E-state index is 12.0. The summed E-state index contributed by atoms with van der Waals surface area (Å²) in [7, 11) is 0. The highest BCUT2D eigenvalue weighted by Gasteiger charge is 2.26. The molecule has 0 radical (unpaired) electrons. The molecule has 0 saturated carbocycles. The van der Waals surface area contributed by atoms with Crippen LogP contribution in [0, 0.1) is 0 Å². The first-order chi connectivity index (χ1) is 10.1. The average Bonchev–Trinajstić information content (AvgIpc) is 2.84. The number of hydrogen-bond donors (Lipinski definition) is 1. The number of hydrogen-bond acceptors (Lipinski definition) is 7. The van der Waals surface area contributed by atoms with Gasteiger partial charge in [0.1, 0.15) is 9.88 Å². The molecule has 2 N–H and O–H groups in total. The highest BCUT2D eigenvalue weighted by atomic mass is 32.2. The molecule has 1 aliphatic rings. The van der Waals surface area contributed by atoms with Crippen LogP contribution in [0.25, 0.3) is 0 Å². The Bertz CT molecular complexity index is 497. The summed E-state index contributed by atoms with van der Waals surface area (Å²) in [6, 6.07) is 0. The second-order valence-corrected chi connectivity index (χ2v) is 6.64. The van der Waals surface area contributed by atoms with Crippen molar-refractivity contribution < 1.29 is 9.53 Å². The quantitative estimate of drug-likeness (QED) is 0.661. The Hall–Kier alpha value is -0.920. The molecule has 1 fully saturated rings. The van der Waals surface area contributed by atoms with Gasteiger partial charge in [-0.2, -0.15) is 0 Å². The van der Waals surface area contributed by atoms with Crippen LogP contribution >= 0.6 is 23.1 Å². The van der Waals surface area contributed by atoms with Crippen LogP contribution < -0.4 is 10.6 Å². The smallest absolute Gasteiger partial charge is 0.350 e. The fourth-order valence-electron chi connectivity index (χ4n) is 2.44. The summed E-state index contributed by atoms with van der Waals surface area (Å²) in [5, 5.41) is 1.11. The van der Waals surface area contributed by atoms with Gasteiger partial charge < -0.3 is 20.3 Å². The molecule has 0 bridgehead atoms. The number of ether oxygens (including phenoxy) is 1. The molecule has 0 amide bonds. The van der Waals surface area contributed by atoms with Crippen LogP contribution in [0.4, 0.5) is 10.7 Å². The lowest BCUT2D eigenvalue weighted by Crippen LogP contribution is -2.46. The van der Waals surface area contributed by atoms with E-state index >= 15 is 0 Å². The van der Waals surface area contributed by atoms with E-state index in [1.54, 1.807) is 11.8 Å². The predicted molar refractivity (Wildman–Crippen MR) is 90.8 cm³/mol. The van der Waals surface area contributed by atoms with E-state index in [0.717, 1.165) is 42.6 Å². The minimum Gasteiger partial charge on any atom is -0.462 e. The van der Waals surface area contributed by atoms with Gasteiger partial charge in [0.05, 0.1) is 17.2 Å². The lowest BCUT2D eigenvalue weighted by Gasteiger charge is -2.35. The van der Waals surface area contributed by atoms with Gasteiger partial charge in [0.15, 0.2) is 0 Å². The van der Waals surface area contributed by atoms with E-state index in [0.29, 0.717) is 17.2 Å². The Balaban J connectivity index is 2.23. The van der Waals surface area contributed by atoms with Gasteiger partial charge >= 0.3 is 5.97 Å². The Kier molecular flexibility index (Phi) is 5.78. The standard InChI is InChI=1S/C14H23N3O2S2/c1-4-16-6-8-17(9-7-16)13-11(20-3)10(15)12(21-13)14(18)19-5-2/h4-9,15H2,1-3H3. The molecular formula is C14H23N3O2S2. The van der Waals surface area contributed by atoms with Crippen molar-refractivity contribution >= 4 is 39.8 Å². The summed E-state index contributed by atoms with van der Waals surface area (Å²) in [4.78, 5) is 18.3. The number of esters is 1. The predicted octanol–water partition coefficient (Wildman–Crippen LogP) is 2.37. The van der Waals surface area contributed by atoms with E-state index in [1.807, 2.05) is 13.2 Å². The number of nitrogens with two attached hydrogens (primary N) is 1. The van der Waals surface area contributed by atoms with Crippen molar-refractivity contribution in [2.24, 2.45) is 0 Å². The van der Waals surface area contributed by atoms with Gasteiger partial charge in [-0.25, -0.2) is 4.79 Å². The molecule has 1 aromatic heterocycles. The van der Waals surface area contributed by atoms with Crippen LogP contribution in [0.3, 0.4) is 0 Å². The summed E-state index contributed by atoms with van der Waals surface area (Å²) in [5.41, 5.74) is 6.73. The van der Waals surface area contributed by atoms with Gasteiger partial charge in [-0.15, -0.1) is 23.1 Å². The number of carbonyl (C=O) groups excluding carboxylic acids is 1. The zero-order valence-electron chi connectivity index (χ0n) is 12.8. The van der Waals surface area contributed by atoms with Gasteiger partial charge in [0.2, 0.25) is 0 Å². The highest BCUT2D eigenvalue weighted by molar-refractivity contribution is 7.99. The molecule has 1 saturated heterocycles. The molecule has 0 spiro atoms. The SMILES string of the molecule is CCOC(=O)c1sc(N2CCN(CC)CC2)c(SC)c1N. The topological polar surface area (TPSA) is 58.8 Å². The Morgan fingerprint density at radius 1 is 1.33 bits per heavy atom. The van der Waals surface area contributed by atoms with Crippen molar-refractivity contribution in [1.82, 2.24) is 4.90 Å². The molecule has 0 unspecified atom stereocenters. The minimum atomic E-state index is -0.311. The normalized spacial score (nSPS) is 16.2. The second kappa shape index (κ2) is 7.38. The van der Waals surface area contributed by atoms with Crippen molar-refractivity contribution in [2.75, 3.05) is 56.2 Å². The fraction of sp³-hybridized carbons (Fsp3) is 0.643. The van der Waals surface area contributed by atoms with Gasteiger partial charge in [0, 0.05) is 26.2 Å². The Labute approximate surface area is 134 Å². The molecule has 2 rings (SSSR count). The Morgan fingerprint density at radius 2 is 2.00 bits per heavy atom. The van der Waals surface area contributed by atoms with E-state index in [4.69, 9.17) is 10.5 Å².